The van der Waals surface area contributed by atoms with E-state index >= 15 is 0 Å². The monoisotopic (exact) mass is 336 g/mol. The van der Waals surface area contributed by atoms with Gasteiger partial charge in [-0.05, 0) is 18.2 Å². The average molecular weight is 336 g/mol. The number of aromatic nitrogens is 2. The first-order valence-electron chi connectivity index (χ1n) is 6.63. The maximum absolute atomic E-state index is 12.9. The third-order valence-corrected chi connectivity index (χ3v) is 3.26. The molecule has 1 aromatic heterocycles. The highest BCUT2D eigenvalue weighted by Gasteiger charge is 2.43. The molecule has 1 heterocycles. The molecule has 23 heavy (non-hydrogen) atoms. The molecule has 0 aliphatic rings. The van der Waals surface area contributed by atoms with Crippen molar-refractivity contribution in [3.05, 3.63) is 47.5 Å². The Bertz CT molecular complexity index is 704. The van der Waals surface area contributed by atoms with Crippen molar-refractivity contribution in [2.75, 3.05) is 0 Å². The molecule has 0 saturated carbocycles. The topological polar surface area (TPSA) is 17.8 Å². The molecule has 0 radical (unpaired) electrons. The Balaban J connectivity index is 2.56. The number of hydrogen-bond donors (Lipinski definition) is 0. The van der Waals surface area contributed by atoms with E-state index in [1.54, 1.807) is 0 Å². The molecule has 0 fully saturated rings. The van der Waals surface area contributed by atoms with Crippen molar-refractivity contribution in [1.82, 2.24) is 9.55 Å². The minimum Gasteiger partial charge on any atom is -0.306 e. The van der Waals surface area contributed by atoms with Gasteiger partial charge in [0, 0.05) is 17.3 Å². The molecule has 0 spiro atoms. The van der Waals surface area contributed by atoms with Crippen molar-refractivity contribution in [3.63, 3.8) is 0 Å². The van der Waals surface area contributed by atoms with Gasteiger partial charge in [0.1, 0.15) is 0 Å². The number of rotatable bonds is 1. The van der Waals surface area contributed by atoms with E-state index in [2.05, 4.69) is 4.98 Å². The van der Waals surface area contributed by atoms with Crippen LogP contribution in [0.1, 0.15) is 37.6 Å². The smallest absolute Gasteiger partial charge is 0.306 e. The summed E-state index contributed by atoms with van der Waals surface area (Å²) in [6, 6.07) is 1.91. The normalized spacial score (nSPS) is 13.4. The third kappa shape index (κ3) is 3.68. The minimum atomic E-state index is -5.10. The Hall–Kier alpha value is -1.99. The van der Waals surface area contributed by atoms with Crippen LogP contribution in [0.2, 0.25) is 0 Å². The van der Waals surface area contributed by atoms with Crippen LogP contribution in [-0.4, -0.2) is 9.55 Å². The number of alkyl halides is 6. The van der Waals surface area contributed by atoms with Gasteiger partial charge >= 0.3 is 12.4 Å². The highest BCUT2D eigenvalue weighted by molar-refractivity contribution is 5.43. The van der Waals surface area contributed by atoms with Crippen LogP contribution in [-0.2, 0) is 17.8 Å². The SMILES string of the molecule is CC(C)(C)c1cn(-c2ccc(C(F)(F)F)c(C(F)(F)F)c2)cn1. The van der Waals surface area contributed by atoms with E-state index < -0.39 is 23.5 Å². The van der Waals surface area contributed by atoms with Crippen LogP contribution in [0.5, 0.6) is 0 Å². The van der Waals surface area contributed by atoms with E-state index in [1.165, 1.54) is 17.1 Å². The van der Waals surface area contributed by atoms with Gasteiger partial charge in [0.05, 0.1) is 23.1 Å². The first-order chi connectivity index (χ1) is 10.3. The first kappa shape index (κ1) is 17.4. The fourth-order valence-corrected chi connectivity index (χ4v) is 2.03. The highest BCUT2D eigenvalue weighted by atomic mass is 19.4. The quantitative estimate of drug-likeness (QED) is 0.654. The van der Waals surface area contributed by atoms with Crippen molar-refractivity contribution in [3.8, 4) is 5.69 Å². The molecular weight excluding hydrogens is 322 g/mol. The highest BCUT2D eigenvalue weighted by Crippen LogP contribution is 2.41. The number of nitrogens with zero attached hydrogens (tertiary/aromatic N) is 2. The van der Waals surface area contributed by atoms with Gasteiger partial charge in [-0.15, -0.1) is 0 Å². The largest absolute Gasteiger partial charge is 0.417 e. The van der Waals surface area contributed by atoms with E-state index in [9.17, 15) is 26.3 Å². The lowest BCUT2D eigenvalue weighted by molar-refractivity contribution is -0.162. The van der Waals surface area contributed by atoms with Crippen molar-refractivity contribution >= 4 is 0 Å². The van der Waals surface area contributed by atoms with E-state index in [1.807, 2.05) is 20.8 Å². The predicted octanol–water partition coefficient (Wildman–Crippen LogP) is 5.21. The fourth-order valence-electron chi connectivity index (χ4n) is 2.03. The van der Waals surface area contributed by atoms with Crippen LogP contribution < -0.4 is 0 Å². The van der Waals surface area contributed by atoms with E-state index in [-0.39, 0.29) is 11.1 Å². The Kier molecular flexibility index (Phi) is 3.99. The van der Waals surface area contributed by atoms with Crippen molar-refractivity contribution < 1.29 is 26.3 Å². The summed E-state index contributed by atoms with van der Waals surface area (Å²) in [5.74, 6) is 0. The van der Waals surface area contributed by atoms with Gasteiger partial charge in [-0.3, -0.25) is 0 Å². The molecule has 0 amide bonds. The van der Waals surface area contributed by atoms with Gasteiger partial charge in [0.15, 0.2) is 0 Å². The molecule has 0 saturated heterocycles. The zero-order valence-corrected chi connectivity index (χ0v) is 12.5. The Labute approximate surface area is 128 Å². The molecule has 2 aromatic rings. The summed E-state index contributed by atoms with van der Waals surface area (Å²) < 4.78 is 78.4. The Morgan fingerprint density at radius 3 is 1.87 bits per heavy atom. The number of halogens is 6. The molecular formula is C15H14F6N2. The van der Waals surface area contributed by atoms with Crippen LogP contribution in [0.3, 0.4) is 0 Å². The molecule has 0 bridgehead atoms. The summed E-state index contributed by atoms with van der Waals surface area (Å²) in [6.07, 6.45) is -7.39. The third-order valence-electron chi connectivity index (χ3n) is 3.26. The van der Waals surface area contributed by atoms with Crippen LogP contribution in [0, 0.1) is 0 Å². The lowest BCUT2D eigenvalue weighted by Gasteiger charge is -2.17. The first-order valence-corrected chi connectivity index (χ1v) is 6.63. The van der Waals surface area contributed by atoms with Crippen molar-refractivity contribution in [2.45, 2.75) is 38.5 Å². The van der Waals surface area contributed by atoms with Gasteiger partial charge in [-0.2, -0.15) is 26.3 Å². The molecule has 8 heteroatoms. The fraction of sp³-hybridized carbons (Fsp3) is 0.400. The van der Waals surface area contributed by atoms with Crippen molar-refractivity contribution in [2.24, 2.45) is 0 Å². The summed E-state index contributed by atoms with van der Waals surface area (Å²) in [7, 11) is 0. The maximum atomic E-state index is 12.9. The summed E-state index contributed by atoms with van der Waals surface area (Å²) in [5.41, 5.74) is -3.16. The lowest BCUT2D eigenvalue weighted by atomic mass is 9.93. The summed E-state index contributed by atoms with van der Waals surface area (Å²) in [5, 5.41) is 0. The van der Waals surface area contributed by atoms with E-state index in [0.717, 1.165) is 6.07 Å². The number of imidazole rings is 1. The van der Waals surface area contributed by atoms with Crippen molar-refractivity contribution in [1.29, 1.82) is 0 Å². The zero-order chi connectivity index (χ0) is 17.6. The second kappa shape index (κ2) is 5.28. The number of benzene rings is 1. The van der Waals surface area contributed by atoms with Gasteiger partial charge in [-0.1, -0.05) is 20.8 Å². The molecule has 2 nitrogen and oxygen atoms in total. The maximum Gasteiger partial charge on any atom is 0.417 e. The Morgan fingerprint density at radius 1 is 0.870 bits per heavy atom. The van der Waals surface area contributed by atoms with Crippen LogP contribution in [0.25, 0.3) is 5.69 Å². The standard InChI is InChI=1S/C15H14F6N2/c1-13(2,3)12-7-23(8-22-12)9-4-5-10(14(16,17)18)11(6-9)15(19,20)21/h4-8H,1-3H3. The second-order valence-corrected chi connectivity index (χ2v) is 6.14. The second-order valence-electron chi connectivity index (χ2n) is 6.14. The molecule has 0 aliphatic carbocycles. The number of hydrogen-bond acceptors (Lipinski definition) is 1. The molecule has 1 aromatic carbocycles. The van der Waals surface area contributed by atoms with Gasteiger partial charge < -0.3 is 4.57 Å². The van der Waals surface area contributed by atoms with Gasteiger partial charge in [-0.25, -0.2) is 4.98 Å². The zero-order valence-electron chi connectivity index (χ0n) is 12.5. The Morgan fingerprint density at radius 2 is 1.43 bits per heavy atom. The summed E-state index contributed by atoms with van der Waals surface area (Å²) >= 11 is 0. The molecule has 126 valence electrons. The average Bonchev–Trinajstić information content (AvgIpc) is 2.85. The summed E-state index contributed by atoms with van der Waals surface area (Å²) in [4.78, 5) is 4.09. The van der Waals surface area contributed by atoms with Gasteiger partial charge in [0.2, 0.25) is 0 Å². The molecule has 0 aliphatic heterocycles. The molecule has 0 unspecified atom stereocenters. The predicted molar refractivity (Wildman–Crippen MR) is 72.3 cm³/mol. The molecule has 0 atom stereocenters. The van der Waals surface area contributed by atoms with Gasteiger partial charge in [0.25, 0.3) is 0 Å². The lowest BCUT2D eigenvalue weighted by Crippen LogP contribution is -2.17. The summed E-state index contributed by atoms with van der Waals surface area (Å²) in [6.45, 7) is 5.61. The van der Waals surface area contributed by atoms with E-state index in [0.29, 0.717) is 17.8 Å². The van der Waals surface area contributed by atoms with E-state index in [4.69, 9.17) is 0 Å². The van der Waals surface area contributed by atoms with Crippen LogP contribution in [0.4, 0.5) is 26.3 Å². The minimum absolute atomic E-state index is 0.0340. The van der Waals surface area contributed by atoms with Crippen LogP contribution >= 0.6 is 0 Å². The molecule has 2 rings (SSSR count). The van der Waals surface area contributed by atoms with Crippen LogP contribution in [0.15, 0.2) is 30.7 Å². The molecule has 0 N–H and O–H groups in total.